The van der Waals surface area contributed by atoms with Crippen LogP contribution in [0.2, 0.25) is 0 Å². The van der Waals surface area contributed by atoms with Crippen molar-refractivity contribution in [2.75, 3.05) is 18.4 Å². The van der Waals surface area contributed by atoms with E-state index in [2.05, 4.69) is 10.2 Å². The number of para-hydroxylation sites is 2. The number of carbonyl (C=O) groups is 1. The maximum absolute atomic E-state index is 12.9. The first-order valence-corrected chi connectivity index (χ1v) is 10.6. The van der Waals surface area contributed by atoms with Crippen molar-refractivity contribution < 1.29 is 19.8 Å². The van der Waals surface area contributed by atoms with Crippen LogP contribution in [0.4, 0.5) is 5.69 Å². The van der Waals surface area contributed by atoms with E-state index in [1.165, 1.54) is 5.06 Å². The van der Waals surface area contributed by atoms with Crippen LogP contribution in [0.15, 0.2) is 54.6 Å². The summed E-state index contributed by atoms with van der Waals surface area (Å²) in [6.45, 7) is 1.90. The topological polar surface area (TPSA) is 74.3 Å². The zero-order valence-electron chi connectivity index (χ0n) is 16.9. The molecule has 2 fully saturated rings. The molecule has 158 valence electrons. The molecule has 3 atom stereocenters. The summed E-state index contributed by atoms with van der Waals surface area (Å²) in [5.41, 5.74) is 1.41. The number of fused-ring (bicyclic) bond motifs is 2. The second-order valence-electron chi connectivity index (χ2n) is 8.42. The van der Waals surface area contributed by atoms with Crippen LogP contribution in [0.5, 0.6) is 5.75 Å². The van der Waals surface area contributed by atoms with Gasteiger partial charge in [-0.2, -0.15) is 9.95 Å². The van der Waals surface area contributed by atoms with Crippen LogP contribution in [0.1, 0.15) is 31.2 Å². The highest BCUT2D eigenvalue weighted by molar-refractivity contribution is 5.91. The number of hydrogen-bond acceptors (Lipinski definition) is 6. The molecule has 3 aliphatic heterocycles. The lowest BCUT2D eigenvalue weighted by Gasteiger charge is -2.61. The van der Waals surface area contributed by atoms with Gasteiger partial charge in [0.2, 0.25) is 5.91 Å². The fraction of sp³-hybridized carbons (Fsp3) is 0.435. The van der Waals surface area contributed by atoms with Crippen LogP contribution >= 0.6 is 0 Å². The highest BCUT2D eigenvalue weighted by Crippen LogP contribution is 2.45. The van der Waals surface area contributed by atoms with Crippen molar-refractivity contribution >= 4 is 11.6 Å². The fourth-order valence-corrected chi connectivity index (χ4v) is 5.14. The van der Waals surface area contributed by atoms with Crippen molar-refractivity contribution in [1.29, 1.82) is 0 Å². The van der Waals surface area contributed by atoms with E-state index < -0.39 is 6.23 Å². The predicted molar refractivity (Wildman–Crippen MR) is 111 cm³/mol. The molecule has 1 amide bonds. The van der Waals surface area contributed by atoms with Crippen molar-refractivity contribution in [3.63, 3.8) is 0 Å². The highest BCUT2D eigenvalue weighted by Gasteiger charge is 2.56. The molecule has 2 saturated heterocycles. The van der Waals surface area contributed by atoms with Gasteiger partial charge in [-0.25, -0.2) is 0 Å². The van der Waals surface area contributed by atoms with E-state index in [0.29, 0.717) is 18.6 Å². The van der Waals surface area contributed by atoms with Gasteiger partial charge >= 0.3 is 0 Å². The van der Waals surface area contributed by atoms with E-state index in [1.807, 2.05) is 54.6 Å². The number of hydroxylamine groups is 2. The molecule has 3 unspecified atom stereocenters. The molecule has 2 aromatic carbocycles. The van der Waals surface area contributed by atoms with E-state index in [4.69, 9.17) is 9.78 Å². The second-order valence-corrected chi connectivity index (χ2v) is 8.42. The van der Waals surface area contributed by atoms with Gasteiger partial charge in [-0.05, 0) is 44.0 Å². The van der Waals surface area contributed by atoms with Gasteiger partial charge in [-0.1, -0.05) is 36.4 Å². The first-order valence-electron chi connectivity index (χ1n) is 10.6. The molecule has 0 spiro atoms. The number of carbonyl (C=O) groups excluding carboxylic acids is 1. The van der Waals surface area contributed by atoms with E-state index >= 15 is 0 Å². The van der Waals surface area contributed by atoms with Crippen LogP contribution in [0, 0.1) is 0 Å². The summed E-state index contributed by atoms with van der Waals surface area (Å²) in [5, 5.41) is 15.5. The van der Waals surface area contributed by atoms with Crippen LogP contribution in [-0.2, 0) is 16.1 Å². The average molecular weight is 409 g/mol. The Morgan fingerprint density at radius 2 is 1.97 bits per heavy atom. The lowest BCUT2D eigenvalue weighted by atomic mass is 9.70. The fourth-order valence-electron chi connectivity index (χ4n) is 5.14. The van der Waals surface area contributed by atoms with Crippen LogP contribution < -0.4 is 10.2 Å². The van der Waals surface area contributed by atoms with Gasteiger partial charge in [-0.3, -0.25) is 9.69 Å². The quantitative estimate of drug-likeness (QED) is 0.584. The normalized spacial score (nSPS) is 28.1. The SMILES string of the molecule is O=C(CC12CCN1CCCC2N(O)C1Cc2ccccc2OO1)Nc1ccccc1. The molecule has 0 radical (unpaired) electrons. The molecule has 0 saturated carbocycles. The summed E-state index contributed by atoms with van der Waals surface area (Å²) in [6, 6.07) is 17.0. The van der Waals surface area contributed by atoms with Crippen molar-refractivity contribution in [2.24, 2.45) is 0 Å². The second kappa shape index (κ2) is 8.00. The Balaban J connectivity index is 1.32. The molecule has 0 aromatic heterocycles. The van der Waals surface area contributed by atoms with Crippen LogP contribution in [0.25, 0.3) is 0 Å². The Kier molecular flexibility index (Phi) is 5.20. The van der Waals surface area contributed by atoms with E-state index in [9.17, 15) is 10.0 Å². The largest absolute Gasteiger partial charge is 0.336 e. The molecule has 0 bridgehead atoms. The van der Waals surface area contributed by atoms with Crippen LogP contribution in [-0.4, -0.2) is 52.0 Å². The molecule has 7 nitrogen and oxygen atoms in total. The number of hydrogen-bond donors (Lipinski definition) is 2. The number of anilines is 1. The molecule has 5 rings (SSSR count). The summed E-state index contributed by atoms with van der Waals surface area (Å²) in [5.74, 6) is 0.658. The summed E-state index contributed by atoms with van der Waals surface area (Å²) < 4.78 is 0. The lowest BCUT2D eigenvalue weighted by molar-refractivity contribution is -0.365. The minimum atomic E-state index is -0.598. The number of benzene rings is 2. The standard InChI is InChI=1S/C23H27N3O4/c27-21(24-18-8-2-1-3-9-18)16-23-12-14-25(23)13-6-11-20(23)26(28)22-15-17-7-4-5-10-19(17)29-30-22/h1-5,7-10,20,22,28H,6,11-16H2,(H,24,27). The Bertz CT molecular complexity index is 908. The molecule has 3 heterocycles. The van der Waals surface area contributed by atoms with Gasteiger partial charge in [0, 0.05) is 36.2 Å². The molecule has 7 heteroatoms. The van der Waals surface area contributed by atoms with Gasteiger partial charge < -0.3 is 15.4 Å². The molecular formula is C23H27N3O4. The average Bonchev–Trinajstić information content (AvgIpc) is 2.76. The number of amides is 1. The summed E-state index contributed by atoms with van der Waals surface area (Å²) in [6.07, 6.45) is 2.95. The predicted octanol–water partition coefficient (Wildman–Crippen LogP) is 3.21. The van der Waals surface area contributed by atoms with Gasteiger partial charge in [0.1, 0.15) is 0 Å². The maximum Gasteiger partial charge on any atom is 0.226 e. The third-order valence-corrected chi connectivity index (χ3v) is 6.73. The number of piperidine rings is 1. The van der Waals surface area contributed by atoms with Gasteiger partial charge in [0.15, 0.2) is 12.0 Å². The zero-order chi connectivity index (χ0) is 20.6. The van der Waals surface area contributed by atoms with Gasteiger partial charge in [0.05, 0.1) is 6.04 Å². The van der Waals surface area contributed by atoms with Crippen molar-refractivity contribution in [1.82, 2.24) is 9.96 Å². The summed E-state index contributed by atoms with van der Waals surface area (Å²) in [4.78, 5) is 26.2. The van der Waals surface area contributed by atoms with E-state index in [-0.39, 0.29) is 17.5 Å². The van der Waals surface area contributed by atoms with Crippen molar-refractivity contribution in [3.05, 3.63) is 60.2 Å². The molecule has 30 heavy (non-hydrogen) atoms. The Hall–Kier alpha value is -2.45. The number of nitrogens with zero attached hydrogens (tertiary/aromatic N) is 2. The van der Waals surface area contributed by atoms with Crippen molar-refractivity contribution in [3.8, 4) is 5.75 Å². The summed E-state index contributed by atoms with van der Waals surface area (Å²) >= 11 is 0. The van der Waals surface area contributed by atoms with Crippen molar-refractivity contribution in [2.45, 2.75) is 49.9 Å². The Labute approximate surface area is 176 Å². The molecule has 0 aliphatic carbocycles. The smallest absolute Gasteiger partial charge is 0.226 e. The third kappa shape index (κ3) is 3.48. The van der Waals surface area contributed by atoms with Gasteiger partial charge in [-0.15, -0.1) is 0 Å². The highest BCUT2D eigenvalue weighted by atomic mass is 17.2. The molecule has 2 aromatic rings. The number of nitrogens with one attached hydrogen (secondary N) is 1. The molecular weight excluding hydrogens is 382 g/mol. The van der Waals surface area contributed by atoms with E-state index in [0.717, 1.165) is 43.6 Å². The first kappa shape index (κ1) is 19.5. The number of rotatable bonds is 5. The summed E-state index contributed by atoms with van der Waals surface area (Å²) in [7, 11) is 0. The first-order chi connectivity index (χ1) is 14.7. The maximum atomic E-state index is 12.9. The Morgan fingerprint density at radius 3 is 2.77 bits per heavy atom. The third-order valence-electron chi connectivity index (χ3n) is 6.73. The van der Waals surface area contributed by atoms with Crippen LogP contribution in [0.3, 0.4) is 0 Å². The Morgan fingerprint density at radius 1 is 1.17 bits per heavy atom. The van der Waals surface area contributed by atoms with E-state index in [1.54, 1.807) is 0 Å². The monoisotopic (exact) mass is 409 g/mol. The zero-order valence-corrected chi connectivity index (χ0v) is 16.9. The minimum Gasteiger partial charge on any atom is -0.336 e. The molecule has 3 aliphatic rings. The molecule has 2 N–H and O–H groups in total. The lowest BCUT2D eigenvalue weighted by Crippen LogP contribution is -2.73. The minimum absolute atomic E-state index is 0.0302. The van der Waals surface area contributed by atoms with Gasteiger partial charge in [0.25, 0.3) is 0 Å².